The topological polar surface area (TPSA) is 78.7 Å². The van der Waals surface area contributed by atoms with Gasteiger partial charge in [-0.25, -0.2) is 4.99 Å². The van der Waals surface area contributed by atoms with E-state index in [0.29, 0.717) is 36.9 Å². The maximum atomic E-state index is 11.9. The third-order valence-electron chi connectivity index (χ3n) is 3.32. The molecule has 1 aromatic carbocycles. The lowest BCUT2D eigenvalue weighted by Crippen LogP contribution is -2.38. The van der Waals surface area contributed by atoms with Crippen molar-refractivity contribution in [2.45, 2.75) is 26.3 Å². The molecule has 6 nitrogen and oxygen atoms in total. The number of halogens is 2. The SMILES string of the molecule is CCNC(=NCc1ccco1)NCCCC(=O)Nc1ccc(Cl)cc1.I. The second-order valence-corrected chi connectivity index (χ2v) is 5.80. The number of aliphatic imine (C=N–C) groups is 1. The van der Waals surface area contributed by atoms with Crippen molar-refractivity contribution < 1.29 is 9.21 Å². The van der Waals surface area contributed by atoms with Crippen molar-refractivity contribution in [2.75, 3.05) is 18.4 Å². The van der Waals surface area contributed by atoms with E-state index in [1.807, 2.05) is 19.1 Å². The molecule has 0 aliphatic rings. The lowest BCUT2D eigenvalue weighted by molar-refractivity contribution is -0.116. The van der Waals surface area contributed by atoms with E-state index in [1.165, 1.54) is 0 Å². The smallest absolute Gasteiger partial charge is 0.224 e. The van der Waals surface area contributed by atoms with E-state index < -0.39 is 0 Å². The summed E-state index contributed by atoms with van der Waals surface area (Å²) < 4.78 is 5.26. The standard InChI is InChI=1S/C18H23ClN4O2.HI/c1-2-20-18(22-13-16-5-4-12-25-16)21-11-3-6-17(24)23-15-9-7-14(19)8-10-15;/h4-5,7-10,12H,2-3,6,11,13H2,1H3,(H,23,24)(H2,20,21,22);1H. The fraction of sp³-hybridized carbons (Fsp3) is 0.333. The van der Waals surface area contributed by atoms with Crippen molar-refractivity contribution in [3.05, 3.63) is 53.4 Å². The molecule has 1 aromatic heterocycles. The Kier molecular flexibility index (Phi) is 10.8. The molecule has 0 aliphatic heterocycles. The van der Waals surface area contributed by atoms with Crippen LogP contribution in [-0.2, 0) is 11.3 Å². The molecule has 0 aliphatic carbocycles. The number of anilines is 1. The van der Waals surface area contributed by atoms with Crippen LogP contribution in [0.5, 0.6) is 0 Å². The molecule has 2 rings (SSSR count). The van der Waals surface area contributed by atoms with Crippen LogP contribution in [0.15, 0.2) is 52.1 Å². The number of rotatable bonds is 8. The summed E-state index contributed by atoms with van der Waals surface area (Å²) in [4.78, 5) is 16.4. The Morgan fingerprint density at radius 2 is 1.96 bits per heavy atom. The van der Waals surface area contributed by atoms with E-state index in [9.17, 15) is 4.79 Å². The van der Waals surface area contributed by atoms with Gasteiger partial charge >= 0.3 is 0 Å². The molecule has 0 spiro atoms. The molecule has 0 saturated heterocycles. The Bertz CT molecular complexity index is 675. The highest BCUT2D eigenvalue weighted by Crippen LogP contribution is 2.13. The average Bonchev–Trinajstić information content (AvgIpc) is 3.12. The van der Waals surface area contributed by atoms with Crippen LogP contribution < -0.4 is 16.0 Å². The Hall–Kier alpha value is -1.74. The van der Waals surface area contributed by atoms with Crippen LogP contribution in [0.1, 0.15) is 25.5 Å². The van der Waals surface area contributed by atoms with Gasteiger partial charge in [0, 0.05) is 30.2 Å². The zero-order chi connectivity index (χ0) is 17.9. The van der Waals surface area contributed by atoms with Crippen molar-refractivity contribution in [3.63, 3.8) is 0 Å². The number of amides is 1. The first-order valence-corrected chi connectivity index (χ1v) is 8.65. The minimum absolute atomic E-state index is 0. The molecule has 0 saturated carbocycles. The number of carbonyl (C=O) groups excluding carboxylic acids is 1. The average molecular weight is 491 g/mol. The van der Waals surface area contributed by atoms with Gasteiger partial charge in [0.05, 0.1) is 6.26 Å². The van der Waals surface area contributed by atoms with Crippen molar-refractivity contribution in [1.82, 2.24) is 10.6 Å². The van der Waals surface area contributed by atoms with E-state index in [-0.39, 0.29) is 29.9 Å². The zero-order valence-electron chi connectivity index (χ0n) is 14.6. The number of hydrogen-bond acceptors (Lipinski definition) is 3. The van der Waals surface area contributed by atoms with Gasteiger partial charge in [-0.1, -0.05) is 11.6 Å². The minimum atomic E-state index is -0.0263. The van der Waals surface area contributed by atoms with Gasteiger partial charge in [0.1, 0.15) is 12.3 Å². The number of carbonyl (C=O) groups is 1. The van der Waals surface area contributed by atoms with Gasteiger partial charge in [-0.05, 0) is 49.7 Å². The summed E-state index contributed by atoms with van der Waals surface area (Å²) in [5.74, 6) is 1.48. The lowest BCUT2D eigenvalue weighted by atomic mass is 10.2. The highest BCUT2D eigenvalue weighted by Gasteiger charge is 2.03. The minimum Gasteiger partial charge on any atom is -0.467 e. The van der Waals surface area contributed by atoms with Crippen LogP contribution >= 0.6 is 35.6 Å². The molecule has 8 heteroatoms. The normalized spacial score (nSPS) is 10.8. The maximum absolute atomic E-state index is 11.9. The number of guanidine groups is 1. The third-order valence-corrected chi connectivity index (χ3v) is 3.57. The van der Waals surface area contributed by atoms with Gasteiger partial charge < -0.3 is 20.4 Å². The second kappa shape index (κ2) is 12.6. The highest BCUT2D eigenvalue weighted by molar-refractivity contribution is 14.0. The van der Waals surface area contributed by atoms with Gasteiger partial charge in [-0.15, -0.1) is 24.0 Å². The lowest BCUT2D eigenvalue weighted by Gasteiger charge is -2.11. The largest absolute Gasteiger partial charge is 0.467 e. The first-order valence-electron chi connectivity index (χ1n) is 8.27. The van der Waals surface area contributed by atoms with Crippen LogP contribution in [0.3, 0.4) is 0 Å². The number of nitrogens with one attached hydrogen (secondary N) is 3. The number of furan rings is 1. The Morgan fingerprint density at radius 1 is 1.19 bits per heavy atom. The molecule has 0 fully saturated rings. The Morgan fingerprint density at radius 3 is 2.62 bits per heavy atom. The van der Waals surface area contributed by atoms with E-state index in [1.54, 1.807) is 30.5 Å². The molecule has 2 aromatic rings. The summed E-state index contributed by atoms with van der Waals surface area (Å²) in [6.07, 6.45) is 2.75. The number of benzene rings is 1. The first-order chi connectivity index (χ1) is 12.2. The third kappa shape index (κ3) is 8.57. The summed E-state index contributed by atoms with van der Waals surface area (Å²) in [5.41, 5.74) is 0.746. The molecule has 0 unspecified atom stereocenters. The predicted molar refractivity (Wildman–Crippen MR) is 116 cm³/mol. The van der Waals surface area contributed by atoms with Crippen LogP contribution in [0.25, 0.3) is 0 Å². The molecule has 1 amide bonds. The van der Waals surface area contributed by atoms with Crippen molar-refractivity contribution in [1.29, 1.82) is 0 Å². The second-order valence-electron chi connectivity index (χ2n) is 5.36. The fourth-order valence-electron chi connectivity index (χ4n) is 2.11. The van der Waals surface area contributed by atoms with Crippen molar-refractivity contribution in [2.24, 2.45) is 4.99 Å². The zero-order valence-corrected chi connectivity index (χ0v) is 17.7. The quantitative estimate of drug-likeness (QED) is 0.226. The van der Waals surface area contributed by atoms with Crippen LogP contribution in [0.2, 0.25) is 5.02 Å². The summed E-state index contributed by atoms with van der Waals surface area (Å²) in [5, 5.41) is 9.86. The summed E-state index contributed by atoms with van der Waals surface area (Å²) in [6, 6.07) is 10.8. The van der Waals surface area contributed by atoms with Crippen molar-refractivity contribution in [3.8, 4) is 0 Å². The van der Waals surface area contributed by atoms with Crippen LogP contribution in [-0.4, -0.2) is 25.0 Å². The van der Waals surface area contributed by atoms with E-state index in [4.69, 9.17) is 16.0 Å². The maximum Gasteiger partial charge on any atom is 0.224 e. The molecule has 26 heavy (non-hydrogen) atoms. The highest BCUT2D eigenvalue weighted by atomic mass is 127. The number of nitrogens with zero attached hydrogens (tertiary/aromatic N) is 1. The fourth-order valence-corrected chi connectivity index (χ4v) is 2.24. The molecular formula is C18H24ClIN4O2. The molecule has 1 heterocycles. The monoisotopic (exact) mass is 490 g/mol. The molecular weight excluding hydrogens is 467 g/mol. The Balaban J connectivity index is 0.00000338. The van der Waals surface area contributed by atoms with Gasteiger partial charge in [0.2, 0.25) is 5.91 Å². The molecule has 0 atom stereocenters. The Labute approximate surface area is 175 Å². The first kappa shape index (κ1) is 22.3. The predicted octanol–water partition coefficient (Wildman–Crippen LogP) is 4.03. The summed E-state index contributed by atoms with van der Waals surface area (Å²) in [7, 11) is 0. The molecule has 142 valence electrons. The van der Waals surface area contributed by atoms with Gasteiger partial charge in [0.15, 0.2) is 5.96 Å². The van der Waals surface area contributed by atoms with E-state index >= 15 is 0 Å². The van der Waals surface area contributed by atoms with E-state index in [0.717, 1.165) is 18.0 Å². The van der Waals surface area contributed by atoms with Crippen LogP contribution in [0, 0.1) is 0 Å². The molecule has 0 radical (unpaired) electrons. The van der Waals surface area contributed by atoms with Gasteiger partial charge in [0.25, 0.3) is 0 Å². The van der Waals surface area contributed by atoms with Gasteiger partial charge in [-0.3, -0.25) is 4.79 Å². The number of hydrogen-bond donors (Lipinski definition) is 3. The summed E-state index contributed by atoms with van der Waals surface area (Å²) in [6.45, 7) is 3.89. The van der Waals surface area contributed by atoms with Crippen LogP contribution in [0.4, 0.5) is 5.69 Å². The summed E-state index contributed by atoms with van der Waals surface area (Å²) >= 11 is 5.82. The van der Waals surface area contributed by atoms with E-state index in [2.05, 4.69) is 20.9 Å². The molecule has 3 N–H and O–H groups in total. The van der Waals surface area contributed by atoms with Gasteiger partial charge in [-0.2, -0.15) is 0 Å². The van der Waals surface area contributed by atoms with Crippen molar-refractivity contribution >= 4 is 53.1 Å². The molecule has 0 bridgehead atoms.